The molecule has 0 aliphatic carbocycles. The van der Waals surface area contributed by atoms with Crippen LogP contribution in [0.15, 0.2) is 62.3 Å². The number of aliphatic hydroxyl groups excluding tert-OH is 2. The van der Waals surface area contributed by atoms with Gasteiger partial charge < -0.3 is 42.1 Å². The summed E-state index contributed by atoms with van der Waals surface area (Å²) in [7, 11) is 0. The first kappa shape index (κ1) is 55.1. The third kappa shape index (κ3) is 12.4. The summed E-state index contributed by atoms with van der Waals surface area (Å²) < 4.78 is 0. The van der Waals surface area contributed by atoms with E-state index in [4.69, 9.17) is 15.0 Å². The van der Waals surface area contributed by atoms with Crippen molar-refractivity contribution in [3.63, 3.8) is 0 Å². The maximum absolute atomic E-state index is 13.9. The third-order valence-corrected chi connectivity index (χ3v) is 16.5. The molecule has 76 heavy (non-hydrogen) atoms. The molecule has 0 radical (unpaired) electrons. The first-order valence-corrected chi connectivity index (χ1v) is 28.4. The maximum atomic E-state index is 13.9. The van der Waals surface area contributed by atoms with Crippen LogP contribution in [-0.2, 0) is 14.4 Å². The van der Waals surface area contributed by atoms with E-state index in [1.54, 1.807) is 48.2 Å². The Morgan fingerprint density at radius 1 is 0.618 bits per heavy atom. The van der Waals surface area contributed by atoms with Crippen LogP contribution in [0.4, 0.5) is 0 Å². The number of Topliss-reactive ketones (excluding diaryl/α,β-unsaturated/α-hetero) is 1. The van der Waals surface area contributed by atoms with Gasteiger partial charge in [0.2, 0.25) is 5.91 Å². The minimum absolute atomic E-state index is 0.0317. The van der Waals surface area contributed by atoms with E-state index in [-0.39, 0.29) is 57.4 Å². The zero-order valence-electron chi connectivity index (χ0n) is 41.3. The highest BCUT2D eigenvalue weighted by atomic mass is 32.1. The van der Waals surface area contributed by atoms with Crippen molar-refractivity contribution >= 4 is 115 Å². The van der Waals surface area contributed by atoms with Gasteiger partial charge in [0.25, 0.3) is 29.5 Å². The summed E-state index contributed by atoms with van der Waals surface area (Å²) in [6.45, 7) is 11.0. The maximum Gasteiger partial charge on any atom is 0.275 e. The van der Waals surface area contributed by atoms with Crippen molar-refractivity contribution in [3.05, 3.63) is 100 Å². The molecule has 22 nitrogen and oxygen atoms in total. The highest BCUT2D eigenvalue weighted by Gasteiger charge is 2.32. The molecule has 28 heteroatoms. The van der Waals surface area contributed by atoms with Crippen molar-refractivity contribution in [1.29, 1.82) is 0 Å². The van der Waals surface area contributed by atoms with Crippen LogP contribution in [0, 0.1) is 5.92 Å². The van der Waals surface area contributed by atoms with Crippen LogP contribution < -0.4 is 31.9 Å². The Bertz CT molecular complexity index is 3440. The van der Waals surface area contributed by atoms with Crippen molar-refractivity contribution in [2.75, 3.05) is 6.54 Å². The Kier molecular flexibility index (Phi) is 17.2. The van der Waals surface area contributed by atoms with Crippen LogP contribution in [0.1, 0.15) is 118 Å². The Labute approximate surface area is 457 Å². The summed E-state index contributed by atoms with van der Waals surface area (Å²) in [5.41, 5.74) is 2.16. The van der Waals surface area contributed by atoms with Gasteiger partial charge in [-0.25, -0.2) is 34.9 Å². The summed E-state index contributed by atoms with van der Waals surface area (Å²) in [5, 5.41) is 49.8. The minimum Gasteiger partial charge on any atom is -0.391 e. The number of hydrogen-bond donors (Lipinski definition) is 8. The van der Waals surface area contributed by atoms with Crippen LogP contribution in [0.3, 0.4) is 0 Å². The van der Waals surface area contributed by atoms with Gasteiger partial charge in [-0.15, -0.1) is 68.0 Å². The van der Waals surface area contributed by atoms with Crippen molar-refractivity contribution in [2.45, 2.75) is 78.8 Å². The van der Waals surface area contributed by atoms with Crippen molar-refractivity contribution in [2.24, 2.45) is 5.92 Å². The van der Waals surface area contributed by atoms with E-state index in [1.807, 2.05) is 13.8 Å². The predicted octanol–water partition coefficient (Wildman–Crippen LogP) is 5.78. The smallest absolute Gasteiger partial charge is 0.275 e. The molecule has 0 saturated heterocycles. The lowest BCUT2D eigenvalue weighted by Crippen LogP contribution is -2.52. The van der Waals surface area contributed by atoms with Crippen LogP contribution in [0.5, 0.6) is 0 Å². The first-order valence-electron chi connectivity index (χ1n) is 23.1. The molecule has 0 aromatic carbocycles. The van der Waals surface area contributed by atoms with E-state index in [1.165, 1.54) is 65.7 Å². The van der Waals surface area contributed by atoms with Crippen molar-refractivity contribution in [1.82, 2.24) is 66.8 Å². The number of pyridine rings is 1. The number of nitrogens with one attached hydrogen (secondary N) is 6. The topological polar surface area (TPSA) is 322 Å². The number of rotatable bonds is 10. The Morgan fingerprint density at radius 2 is 1.14 bits per heavy atom. The third-order valence-electron chi connectivity index (χ3n) is 11.2. The molecule has 394 valence electrons. The van der Waals surface area contributed by atoms with Gasteiger partial charge in [-0.3, -0.25) is 33.6 Å². The summed E-state index contributed by atoms with van der Waals surface area (Å²) >= 11 is 6.94. The molecule has 5 unspecified atom stereocenters. The predicted molar refractivity (Wildman–Crippen MR) is 289 cm³/mol. The lowest BCUT2D eigenvalue weighted by Gasteiger charge is -2.21. The number of allylic oxidation sites excluding steroid dienone is 2. The highest BCUT2D eigenvalue weighted by Crippen LogP contribution is 2.38. The van der Waals surface area contributed by atoms with E-state index >= 15 is 0 Å². The molecule has 0 spiro atoms. The van der Waals surface area contributed by atoms with Crippen molar-refractivity contribution in [3.8, 4) is 43.4 Å². The molecule has 0 fully saturated rings. The number of nitrogens with zero attached hydrogens (tertiary/aromatic N) is 7. The lowest BCUT2D eigenvalue weighted by atomic mass is 10.1. The van der Waals surface area contributed by atoms with E-state index < -0.39 is 65.8 Å². The summed E-state index contributed by atoms with van der Waals surface area (Å²) in [6.07, 6.45) is 0.482. The summed E-state index contributed by atoms with van der Waals surface area (Å²) in [6, 6.07) is 0.349. The second kappa shape index (κ2) is 23.8. The Balaban J connectivity index is 1.15. The van der Waals surface area contributed by atoms with Gasteiger partial charge >= 0.3 is 0 Å². The fourth-order valence-electron chi connectivity index (χ4n) is 7.17. The number of hydrogen-bond acceptors (Lipinski definition) is 22. The molecule has 7 aromatic heterocycles. The van der Waals surface area contributed by atoms with Gasteiger partial charge in [0.05, 0.1) is 36.2 Å². The van der Waals surface area contributed by atoms with E-state index in [0.717, 1.165) is 45.3 Å². The molecule has 8 bridgehead atoms. The molecule has 8 heterocycles. The number of aliphatic hydroxyl groups is 2. The number of amides is 6. The first-order chi connectivity index (χ1) is 36.3. The quantitative estimate of drug-likeness (QED) is 0.0753. The molecule has 5 atom stereocenters. The number of fused-ring (bicyclic) bond motifs is 11. The number of carbonyl (C=O) groups excluding carboxylic acids is 7. The normalized spacial score (nSPS) is 18.0. The van der Waals surface area contributed by atoms with E-state index in [0.29, 0.717) is 53.4 Å². The zero-order valence-corrected chi connectivity index (χ0v) is 46.2. The number of thiazole rings is 6. The van der Waals surface area contributed by atoms with Crippen molar-refractivity contribution < 1.29 is 43.8 Å². The largest absolute Gasteiger partial charge is 0.391 e. The fourth-order valence-corrected chi connectivity index (χ4v) is 12.4. The molecule has 6 amide bonds. The molecule has 7 aromatic rings. The standard InChI is InChI=1S/C48H47N13O9S6/c1-8-24(37(65)49-12-20(5)62)51-38(66)28-15-73-46(56-28)32-18-74-45(58-32)26-11-10-23-36(50-26)27-13-75-48(53-27)35(22(7)64)61-41(69)31-17-76-47(57-31)33(19(3)4)59-39(67)30-16-72-44(55-30)25(9-2)52-42(70)34(21(6)63)60-40(68)29-14-71-43(23)54-29/h8-11,13-19,21-22,33-35,63-64H,12H2,1-7H3,(H,49,65)(H,51,66)(H,52,70)(H,59,67)(H,60,68)(H,61,69)/b24-8-,25-9-. The summed E-state index contributed by atoms with van der Waals surface area (Å²) in [4.78, 5) is 125. The Morgan fingerprint density at radius 3 is 1.79 bits per heavy atom. The molecule has 8 N–H and O–H groups in total. The SMILES string of the molecule is C/C=C(\NC(=O)c1csc(-c2csc(-c3ccc4c(n3)-c3csc(n3)C(C(C)O)NC(=O)c3csc(n3)C(C(C)C)NC(=O)c3csc(n3)/C(=C/C)NC(=O)C(C(C)O)NC(=O)c3csc-4n3)n2)n1)C(=O)NCC(C)=O. The highest BCUT2D eigenvalue weighted by molar-refractivity contribution is 7.15. The van der Waals surface area contributed by atoms with Crippen LogP contribution in [0.2, 0.25) is 0 Å². The van der Waals surface area contributed by atoms with Gasteiger partial charge in [0.1, 0.15) is 93.5 Å². The van der Waals surface area contributed by atoms with Gasteiger partial charge in [-0.2, -0.15) is 0 Å². The fraction of sp³-hybridized carbons (Fsp3) is 0.292. The average molecular weight is 1140 g/mol. The summed E-state index contributed by atoms with van der Waals surface area (Å²) in [5.74, 6) is -4.34. The number of aromatic nitrogens is 7. The molecule has 1 aliphatic rings. The molecule has 0 saturated carbocycles. The van der Waals surface area contributed by atoms with Gasteiger partial charge in [-0.05, 0) is 52.7 Å². The van der Waals surface area contributed by atoms with E-state index in [2.05, 4.69) is 51.8 Å². The van der Waals surface area contributed by atoms with Crippen LogP contribution in [-0.4, -0.2) is 111 Å². The minimum atomic E-state index is -1.45. The van der Waals surface area contributed by atoms with Gasteiger partial charge in [0.15, 0.2) is 0 Å². The van der Waals surface area contributed by atoms with Crippen LogP contribution in [0.25, 0.3) is 49.1 Å². The second-order valence-electron chi connectivity index (χ2n) is 17.2. The van der Waals surface area contributed by atoms with Gasteiger partial charge in [-0.1, -0.05) is 26.0 Å². The zero-order chi connectivity index (χ0) is 54.5. The number of carbonyl (C=O) groups is 7. The average Bonchev–Trinajstić information content (AvgIpc) is 4.26. The molecule has 8 rings (SSSR count). The second-order valence-corrected chi connectivity index (χ2v) is 22.4. The van der Waals surface area contributed by atoms with Gasteiger partial charge in [0, 0.05) is 37.8 Å². The molecule has 1 aliphatic heterocycles. The van der Waals surface area contributed by atoms with Crippen LogP contribution >= 0.6 is 68.0 Å². The van der Waals surface area contributed by atoms with E-state index in [9.17, 15) is 43.8 Å². The molecular weight excluding hydrogens is 1100 g/mol. The Hall–Kier alpha value is -7.18. The lowest BCUT2D eigenvalue weighted by molar-refractivity contribution is -0.124. The molecular formula is C48H47N13O9S6. The number of ketones is 1. The monoisotopic (exact) mass is 1140 g/mol.